The maximum Gasteiger partial charge on any atom is 0.191 e. The molecule has 0 fully saturated rings. The molecule has 1 rings (SSSR count). The van der Waals surface area contributed by atoms with E-state index >= 15 is 0 Å². The van der Waals surface area contributed by atoms with Gasteiger partial charge in [-0.2, -0.15) is 0 Å². The van der Waals surface area contributed by atoms with Crippen molar-refractivity contribution < 1.29 is 0 Å². The van der Waals surface area contributed by atoms with Gasteiger partial charge in [-0.3, -0.25) is 4.99 Å². The lowest BCUT2D eigenvalue weighted by molar-refractivity contribution is 0.626. The number of imidazole rings is 1. The molecule has 1 aromatic heterocycles. The van der Waals surface area contributed by atoms with E-state index < -0.39 is 0 Å². The van der Waals surface area contributed by atoms with Crippen LogP contribution in [0.2, 0.25) is 0 Å². The number of aryl methyl sites for hydroxylation is 1. The normalized spacial score (nSPS) is 10.5. The molecule has 2 N–H and O–H groups in total. The molecule has 6 heteroatoms. The summed E-state index contributed by atoms with van der Waals surface area (Å²) in [4.78, 5) is 8.08. The zero-order chi connectivity index (χ0) is 11.6. The van der Waals surface area contributed by atoms with Crippen molar-refractivity contribution in [1.82, 2.24) is 20.2 Å². The van der Waals surface area contributed by atoms with Crippen molar-refractivity contribution in [2.75, 3.05) is 20.1 Å². The molecule has 1 aromatic rings. The second-order valence-electron chi connectivity index (χ2n) is 3.32. The molecule has 0 spiro atoms. The number of hydrogen-bond acceptors (Lipinski definition) is 2. The van der Waals surface area contributed by atoms with E-state index in [9.17, 15) is 0 Å². The lowest BCUT2D eigenvalue weighted by Crippen LogP contribution is -2.37. The van der Waals surface area contributed by atoms with Gasteiger partial charge in [0, 0.05) is 39.1 Å². The minimum atomic E-state index is 0. The fourth-order valence-corrected chi connectivity index (χ4v) is 1.28. The Balaban J connectivity index is 0.00000256. The molecule has 0 bridgehead atoms. The average Bonchev–Trinajstić information content (AvgIpc) is 2.81. The van der Waals surface area contributed by atoms with Crippen LogP contribution in [0.1, 0.15) is 6.42 Å². The van der Waals surface area contributed by atoms with Crippen LogP contribution in [0.4, 0.5) is 0 Å². The zero-order valence-corrected chi connectivity index (χ0v) is 12.4. The SMILES string of the molecule is C=CCNC(=NC)NCCCn1ccnc1.I. The Morgan fingerprint density at radius 3 is 2.94 bits per heavy atom. The number of aromatic nitrogens is 2. The van der Waals surface area contributed by atoms with E-state index in [1.807, 2.05) is 12.5 Å². The molecule has 0 amide bonds. The maximum absolute atomic E-state index is 4.09. The monoisotopic (exact) mass is 349 g/mol. The van der Waals surface area contributed by atoms with Gasteiger partial charge in [0.1, 0.15) is 0 Å². The van der Waals surface area contributed by atoms with Gasteiger partial charge in [0.15, 0.2) is 5.96 Å². The summed E-state index contributed by atoms with van der Waals surface area (Å²) in [6.07, 6.45) is 8.41. The summed E-state index contributed by atoms with van der Waals surface area (Å²) in [5.74, 6) is 0.811. The molecule has 17 heavy (non-hydrogen) atoms. The van der Waals surface area contributed by atoms with Crippen LogP contribution in [0.3, 0.4) is 0 Å². The summed E-state index contributed by atoms with van der Waals surface area (Å²) in [6.45, 7) is 6.21. The lowest BCUT2D eigenvalue weighted by Gasteiger charge is -2.10. The van der Waals surface area contributed by atoms with Crippen LogP contribution >= 0.6 is 24.0 Å². The van der Waals surface area contributed by atoms with Gasteiger partial charge in [0.2, 0.25) is 0 Å². The van der Waals surface area contributed by atoms with Crippen molar-refractivity contribution in [2.45, 2.75) is 13.0 Å². The first-order valence-corrected chi connectivity index (χ1v) is 5.38. The van der Waals surface area contributed by atoms with Crippen LogP contribution in [0.5, 0.6) is 0 Å². The van der Waals surface area contributed by atoms with Crippen LogP contribution in [-0.2, 0) is 6.54 Å². The molecular weight excluding hydrogens is 329 g/mol. The molecular formula is C11H20IN5. The van der Waals surface area contributed by atoms with Crippen molar-refractivity contribution in [2.24, 2.45) is 4.99 Å². The van der Waals surface area contributed by atoms with Gasteiger partial charge in [0.05, 0.1) is 6.33 Å². The van der Waals surface area contributed by atoms with E-state index in [0.29, 0.717) is 0 Å². The molecule has 5 nitrogen and oxygen atoms in total. The second-order valence-corrected chi connectivity index (χ2v) is 3.32. The van der Waals surface area contributed by atoms with Crippen LogP contribution in [0.15, 0.2) is 36.4 Å². The second kappa shape index (κ2) is 10.1. The van der Waals surface area contributed by atoms with Crippen molar-refractivity contribution in [3.05, 3.63) is 31.4 Å². The summed E-state index contributed by atoms with van der Waals surface area (Å²) in [7, 11) is 1.76. The van der Waals surface area contributed by atoms with Gasteiger partial charge in [-0.25, -0.2) is 4.98 Å². The van der Waals surface area contributed by atoms with Gasteiger partial charge >= 0.3 is 0 Å². The van der Waals surface area contributed by atoms with Gasteiger partial charge < -0.3 is 15.2 Å². The Labute approximate surface area is 119 Å². The fourth-order valence-electron chi connectivity index (χ4n) is 1.28. The highest BCUT2D eigenvalue weighted by atomic mass is 127. The lowest BCUT2D eigenvalue weighted by atomic mass is 10.4. The molecule has 0 aliphatic rings. The first-order chi connectivity index (χ1) is 7.86. The molecule has 1 heterocycles. The number of nitrogens with zero attached hydrogens (tertiary/aromatic N) is 3. The number of guanidine groups is 1. The van der Waals surface area contributed by atoms with Crippen LogP contribution in [0, 0.1) is 0 Å². The molecule has 0 radical (unpaired) electrons. The predicted molar refractivity (Wildman–Crippen MR) is 81.8 cm³/mol. The first kappa shape index (κ1) is 16.0. The van der Waals surface area contributed by atoms with E-state index in [0.717, 1.165) is 32.0 Å². The fraction of sp³-hybridized carbons (Fsp3) is 0.455. The third-order valence-electron chi connectivity index (χ3n) is 2.08. The third kappa shape index (κ3) is 6.98. The minimum Gasteiger partial charge on any atom is -0.356 e. The molecule has 0 unspecified atom stereocenters. The molecule has 96 valence electrons. The maximum atomic E-state index is 4.09. The van der Waals surface area contributed by atoms with Crippen LogP contribution < -0.4 is 10.6 Å². The van der Waals surface area contributed by atoms with Gasteiger partial charge in [-0.15, -0.1) is 30.6 Å². The molecule has 0 aliphatic heterocycles. The predicted octanol–water partition coefficient (Wildman–Crippen LogP) is 1.24. The topological polar surface area (TPSA) is 54.2 Å². The highest BCUT2D eigenvalue weighted by molar-refractivity contribution is 14.0. The number of aliphatic imine (C=N–C) groups is 1. The van der Waals surface area contributed by atoms with E-state index in [-0.39, 0.29) is 24.0 Å². The molecule has 0 aromatic carbocycles. The van der Waals surface area contributed by atoms with E-state index in [4.69, 9.17) is 0 Å². The Hall–Kier alpha value is -1.05. The van der Waals surface area contributed by atoms with Crippen molar-refractivity contribution in [3.8, 4) is 0 Å². The molecule has 0 saturated heterocycles. The quantitative estimate of drug-likeness (QED) is 0.267. The van der Waals surface area contributed by atoms with Gasteiger partial charge in [0.25, 0.3) is 0 Å². The smallest absolute Gasteiger partial charge is 0.191 e. The minimum absolute atomic E-state index is 0. The Morgan fingerprint density at radius 2 is 2.35 bits per heavy atom. The summed E-state index contributed by atoms with van der Waals surface area (Å²) < 4.78 is 2.06. The van der Waals surface area contributed by atoms with Gasteiger partial charge in [-0.1, -0.05) is 6.08 Å². The summed E-state index contributed by atoms with van der Waals surface area (Å²) in [5, 5.41) is 6.34. The largest absolute Gasteiger partial charge is 0.356 e. The highest BCUT2D eigenvalue weighted by Crippen LogP contribution is 1.88. The number of nitrogens with one attached hydrogen (secondary N) is 2. The molecule has 0 saturated carbocycles. The zero-order valence-electron chi connectivity index (χ0n) is 10.1. The van der Waals surface area contributed by atoms with Crippen LogP contribution in [-0.4, -0.2) is 35.6 Å². The standard InChI is InChI=1S/C11H19N5.HI/c1-3-5-14-11(12-2)15-6-4-8-16-9-7-13-10-16;/h3,7,9-10H,1,4-6,8H2,2H3,(H2,12,14,15);1H. The molecule has 0 atom stereocenters. The van der Waals surface area contributed by atoms with Crippen molar-refractivity contribution >= 4 is 29.9 Å². The van der Waals surface area contributed by atoms with E-state index in [1.165, 1.54) is 0 Å². The van der Waals surface area contributed by atoms with Crippen molar-refractivity contribution in [3.63, 3.8) is 0 Å². The van der Waals surface area contributed by atoms with Crippen LogP contribution in [0.25, 0.3) is 0 Å². The Morgan fingerprint density at radius 1 is 1.53 bits per heavy atom. The number of rotatable bonds is 6. The summed E-state index contributed by atoms with van der Waals surface area (Å²) in [5.41, 5.74) is 0. The highest BCUT2D eigenvalue weighted by Gasteiger charge is 1.94. The third-order valence-corrected chi connectivity index (χ3v) is 2.08. The number of hydrogen-bond donors (Lipinski definition) is 2. The summed E-state index contributed by atoms with van der Waals surface area (Å²) >= 11 is 0. The first-order valence-electron chi connectivity index (χ1n) is 5.38. The summed E-state index contributed by atoms with van der Waals surface area (Å²) in [6, 6.07) is 0. The Kier molecular flexibility index (Phi) is 9.50. The van der Waals surface area contributed by atoms with E-state index in [1.54, 1.807) is 19.3 Å². The average molecular weight is 349 g/mol. The van der Waals surface area contributed by atoms with Gasteiger partial charge in [-0.05, 0) is 6.42 Å². The number of halogens is 1. The van der Waals surface area contributed by atoms with Crippen molar-refractivity contribution in [1.29, 1.82) is 0 Å². The Bertz CT molecular complexity index is 321. The van der Waals surface area contributed by atoms with E-state index in [2.05, 4.69) is 31.8 Å². The molecule has 0 aliphatic carbocycles.